The van der Waals surface area contributed by atoms with Crippen molar-refractivity contribution in [3.8, 4) is 11.1 Å². The van der Waals surface area contributed by atoms with E-state index in [1.54, 1.807) is 47.4 Å². The Hall–Kier alpha value is -3.19. The van der Waals surface area contributed by atoms with Gasteiger partial charge in [0.05, 0.1) is 11.1 Å². The molecule has 4 aromatic rings. The molecule has 0 bridgehead atoms. The van der Waals surface area contributed by atoms with Crippen LogP contribution in [-0.4, -0.2) is 27.2 Å². The molecule has 0 spiro atoms. The number of allylic oxidation sites excluding steroid dienone is 2. The molecule has 0 amide bonds. The van der Waals surface area contributed by atoms with Gasteiger partial charge < -0.3 is 0 Å². The molecule has 0 atom stereocenters. The van der Waals surface area contributed by atoms with Gasteiger partial charge in [-0.15, -0.1) is 0 Å². The average molecular weight is 433 g/mol. The van der Waals surface area contributed by atoms with E-state index in [2.05, 4.69) is 23.1 Å². The van der Waals surface area contributed by atoms with Crippen molar-refractivity contribution in [2.75, 3.05) is 0 Å². The van der Waals surface area contributed by atoms with Crippen LogP contribution in [0, 0.1) is 0 Å². The number of pyridine rings is 1. The lowest BCUT2D eigenvalue weighted by Crippen LogP contribution is -2.12. The number of nitrogens with zero attached hydrogens (tertiary/aromatic N) is 4. The van der Waals surface area contributed by atoms with Crippen molar-refractivity contribution in [1.82, 2.24) is 18.7 Å². The standard InChI is InChI=1S/C24H24N4O2S/c1-17-8-6-7-11-21(17)18-12-22-23(19-14-26-27(2)15-19)16-28(24(22)25-13-18)31(29,30)20-9-4-3-5-10-20/h3-5,9-10,12-16H,6-8,11H2,1-2H3. The second-order valence-electron chi connectivity index (χ2n) is 8.12. The molecule has 0 fully saturated rings. The Morgan fingerprint density at radius 1 is 0.968 bits per heavy atom. The molecule has 6 nitrogen and oxygen atoms in total. The zero-order valence-corrected chi connectivity index (χ0v) is 18.4. The molecule has 3 heterocycles. The molecule has 0 saturated heterocycles. The fourth-order valence-corrected chi connectivity index (χ4v) is 5.72. The van der Waals surface area contributed by atoms with Gasteiger partial charge in [0.1, 0.15) is 0 Å². The highest BCUT2D eigenvalue weighted by molar-refractivity contribution is 7.90. The molecular weight excluding hydrogens is 408 g/mol. The summed E-state index contributed by atoms with van der Waals surface area (Å²) in [6.45, 7) is 2.19. The predicted octanol–water partition coefficient (Wildman–Crippen LogP) is 5.02. The maximum atomic E-state index is 13.4. The third kappa shape index (κ3) is 3.39. The second-order valence-corrected chi connectivity index (χ2v) is 9.94. The first-order chi connectivity index (χ1) is 14.9. The van der Waals surface area contributed by atoms with Crippen molar-refractivity contribution in [3.63, 3.8) is 0 Å². The molecule has 158 valence electrons. The summed E-state index contributed by atoms with van der Waals surface area (Å²) in [5.41, 5.74) is 5.90. The first-order valence-electron chi connectivity index (χ1n) is 10.4. The molecule has 1 aliphatic rings. The summed E-state index contributed by atoms with van der Waals surface area (Å²) in [7, 11) is -1.93. The van der Waals surface area contributed by atoms with Crippen LogP contribution in [0.4, 0.5) is 0 Å². The van der Waals surface area contributed by atoms with Gasteiger partial charge in [-0.1, -0.05) is 23.8 Å². The van der Waals surface area contributed by atoms with Crippen LogP contribution >= 0.6 is 0 Å². The molecule has 3 aromatic heterocycles. The summed E-state index contributed by atoms with van der Waals surface area (Å²) in [4.78, 5) is 4.90. The van der Waals surface area contributed by atoms with E-state index in [4.69, 9.17) is 0 Å². The van der Waals surface area contributed by atoms with E-state index in [0.717, 1.165) is 34.9 Å². The van der Waals surface area contributed by atoms with Gasteiger partial charge in [0, 0.05) is 42.2 Å². The minimum atomic E-state index is -3.78. The number of aryl methyl sites for hydroxylation is 1. The highest BCUT2D eigenvalue weighted by Crippen LogP contribution is 2.37. The Morgan fingerprint density at radius 3 is 2.45 bits per heavy atom. The van der Waals surface area contributed by atoms with Gasteiger partial charge in [-0.05, 0) is 61.9 Å². The van der Waals surface area contributed by atoms with Crippen LogP contribution < -0.4 is 0 Å². The van der Waals surface area contributed by atoms with E-state index in [1.165, 1.54) is 28.0 Å². The van der Waals surface area contributed by atoms with E-state index < -0.39 is 10.0 Å². The summed E-state index contributed by atoms with van der Waals surface area (Å²) in [5.74, 6) is 0. The minimum Gasteiger partial charge on any atom is -0.275 e. The van der Waals surface area contributed by atoms with Crippen LogP contribution in [0.3, 0.4) is 0 Å². The maximum Gasteiger partial charge on any atom is 0.269 e. The zero-order valence-electron chi connectivity index (χ0n) is 17.6. The van der Waals surface area contributed by atoms with Crippen LogP contribution in [0.5, 0.6) is 0 Å². The number of benzene rings is 1. The van der Waals surface area contributed by atoms with E-state index in [1.807, 2.05) is 19.4 Å². The summed E-state index contributed by atoms with van der Waals surface area (Å²) >= 11 is 0. The smallest absolute Gasteiger partial charge is 0.269 e. The molecule has 0 saturated carbocycles. The van der Waals surface area contributed by atoms with Crippen molar-refractivity contribution in [1.29, 1.82) is 0 Å². The van der Waals surface area contributed by atoms with E-state index in [0.29, 0.717) is 5.65 Å². The topological polar surface area (TPSA) is 69.8 Å². The van der Waals surface area contributed by atoms with Gasteiger partial charge in [0.25, 0.3) is 10.0 Å². The summed E-state index contributed by atoms with van der Waals surface area (Å²) < 4.78 is 29.9. The number of rotatable bonds is 4. The predicted molar refractivity (Wildman–Crippen MR) is 122 cm³/mol. The Morgan fingerprint density at radius 2 is 1.74 bits per heavy atom. The molecule has 5 rings (SSSR count). The number of hydrogen-bond acceptors (Lipinski definition) is 4. The fraction of sp³-hybridized carbons (Fsp3) is 0.250. The van der Waals surface area contributed by atoms with Gasteiger partial charge in [-0.2, -0.15) is 5.10 Å². The van der Waals surface area contributed by atoms with Crippen LogP contribution in [0.25, 0.3) is 27.7 Å². The van der Waals surface area contributed by atoms with E-state index in [9.17, 15) is 8.42 Å². The Labute approximate surface area is 181 Å². The lowest BCUT2D eigenvalue weighted by molar-refractivity contribution is 0.589. The van der Waals surface area contributed by atoms with Crippen LogP contribution in [0.2, 0.25) is 0 Å². The van der Waals surface area contributed by atoms with E-state index >= 15 is 0 Å². The Kier molecular flexibility index (Phi) is 4.78. The third-order valence-electron chi connectivity index (χ3n) is 6.02. The summed E-state index contributed by atoms with van der Waals surface area (Å²) in [5, 5.41) is 5.10. The molecule has 1 aromatic carbocycles. The van der Waals surface area contributed by atoms with Gasteiger partial charge in [0.15, 0.2) is 5.65 Å². The van der Waals surface area contributed by atoms with Crippen LogP contribution in [-0.2, 0) is 17.1 Å². The molecule has 1 aliphatic carbocycles. The first-order valence-corrected chi connectivity index (χ1v) is 11.9. The van der Waals surface area contributed by atoms with Crippen LogP contribution in [0.1, 0.15) is 38.2 Å². The van der Waals surface area contributed by atoms with Gasteiger partial charge in [0.2, 0.25) is 0 Å². The van der Waals surface area contributed by atoms with Gasteiger partial charge in [-0.25, -0.2) is 17.4 Å². The average Bonchev–Trinajstić information content (AvgIpc) is 3.38. The quantitative estimate of drug-likeness (QED) is 0.454. The number of aromatic nitrogens is 4. The van der Waals surface area contributed by atoms with Gasteiger partial charge in [-0.3, -0.25) is 4.68 Å². The Bertz CT molecular complexity index is 1410. The highest BCUT2D eigenvalue weighted by atomic mass is 32.2. The van der Waals surface area contributed by atoms with Crippen molar-refractivity contribution in [2.24, 2.45) is 7.05 Å². The SMILES string of the molecule is CC1=C(c2cnc3c(c2)c(-c2cnn(C)c2)cn3S(=O)(=O)c2ccccc2)CCCC1. The molecule has 0 N–H and O–H groups in total. The number of fused-ring (bicyclic) bond motifs is 1. The lowest BCUT2D eigenvalue weighted by atomic mass is 9.88. The molecule has 0 aliphatic heterocycles. The molecular formula is C24H24N4O2S. The third-order valence-corrected chi connectivity index (χ3v) is 7.68. The lowest BCUT2D eigenvalue weighted by Gasteiger charge is -2.18. The molecule has 0 unspecified atom stereocenters. The molecule has 7 heteroatoms. The van der Waals surface area contributed by atoms with Crippen molar-refractivity contribution in [3.05, 3.63) is 72.3 Å². The number of hydrogen-bond donors (Lipinski definition) is 0. The zero-order chi connectivity index (χ0) is 21.6. The maximum absolute atomic E-state index is 13.4. The van der Waals surface area contributed by atoms with Crippen LogP contribution in [0.15, 0.2) is 71.7 Å². The van der Waals surface area contributed by atoms with Crippen molar-refractivity contribution >= 4 is 26.6 Å². The Balaban J connectivity index is 1.77. The van der Waals surface area contributed by atoms with E-state index in [-0.39, 0.29) is 4.90 Å². The molecule has 0 radical (unpaired) electrons. The first kappa shape index (κ1) is 19.8. The highest BCUT2D eigenvalue weighted by Gasteiger charge is 2.24. The summed E-state index contributed by atoms with van der Waals surface area (Å²) in [6, 6.07) is 10.6. The normalized spacial score (nSPS) is 15.0. The second kappa shape index (κ2) is 7.50. The monoisotopic (exact) mass is 432 g/mol. The van der Waals surface area contributed by atoms with Crippen molar-refractivity contribution in [2.45, 2.75) is 37.5 Å². The fourth-order valence-electron chi connectivity index (χ4n) is 4.37. The largest absolute Gasteiger partial charge is 0.275 e. The van der Waals surface area contributed by atoms with Gasteiger partial charge >= 0.3 is 0 Å². The molecule has 31 heavy (non-hydrogen) atoms. The minimum absolute atomic E-state index is 0.237. The van der Waals surface area contributed by atoms with Crippen molar-refractivity contribution < 1.29 is 8.42 Å². The summed E-state index contributed by atoms with van der Waals surface area (Å²) in [6.07, 6.45) is 11.7.